The highest BCUT2D eigenvalue weighted by molar-refractivity contribution is 9.10. The van der Waals surface area contributed by atoms with E-state index in [1.807, 2.05) is 18.2 Å². The van der Waals surface area contributed by atoms with Gasteiger partial charge in [0, 0.05) is 16.6 Å². The maximum atomic E-state index is 13.8. The van der Waals surface area contributed by atoms with Gasteiger partial charge >= 0.3 is 0 Å². The fourth-order valence-corrected chi connectivity index (χ4v) is 3.63. The zero-order chi connectivity index (χ0) is 14.1. The summed E-state index contributed by atoms with van der Waals surface area (Å²) in [4.78, 5) is 0. The molecule has 20 heavy (non-hydrogen) atoms. The SMILES string of the molecule is C[C@H](NC1CCc2c(F)cccc21)c1ccccc1Br. The Kier molecular flexibility index (Phi) is 3.90. The van der Waals surface area contributed by atoms with Crippen molar-refractivity contribution in [2.24, 2.45) is 0 Å². The Morgan fingerprint density at radius 3 is 2.80 bits per heavy atom. The summed E-state index contributed by atoms with van der Waals surface area (Å²) in [7, 11) is 0. The average molecular weight is 334 g/mol. The Balaban J connectivity index is 1.81. The standard InChI is InChI=1S/C17H17BrFN/c1-11(12-5-2-3-7-15(12)18)20-17-10-9-13-14(17)6-4-8-16(13)19/h2-8,11,17,20H,9-10H2,1H3/t11-,17?/m0/s1. The summed E-state index contributed by atoms with van der Waals surface area (Å²) in [6, 6.07) is 14.1. The van der Waals surface area contributed by atoms with Gasteiger partial charge in [-0.15, -0.1) is 0 Å². The van der Waals surface area contributed by atoms with Crippen molar-refractivity contribution in [3.63, 3.8) is 0 Å². The molecule has 2 aromatic rings. The number of nitrogens with one attached hydrogen (secondary N) is 1. The lowest BCUT2D eigenvalue weighted by molar-refractivity contribution is 0.464. The van der Waals surface area contributed by atoms with E-state index in [-0.39, 0.29) is 17.9 Å². The second-order valence-corrected chi connectivity index (χ2v) is 6.16. The second-order valence-electron chi connectivity index (χ2n) is 5.31. The number of rotatable bonds is 3. The van der Waals surface area contributed by atoms with Crippen molar-refractivity contribution >= 4 is 15.9 Å². The third-order valence-electron chi connectivity index (χ3n) is 4.04. The number of hydrogen-bond donors (Lipinski definition) is 1. The van der Waals surface area contributed by atoms with Gasteiger partial charge in [0.25, 0.3) is 0 Å². The Morgan fingerprint density at radius 2 is 2.00 bits per heavy atom. The van der Waals surface area contributed by atoms with E-state index >= 15 is 0 Å². The first-order chi connectivity index (χ1) is 9.66. The van der Waals surface area contributed by atoms with Crippen LogP contribution in [0.1, 0.15) is 42.1 Å². The van der Waals surface area contributed by atoms with Gasteiger partial charge in [-0.2, -0.15) is 0 Å². The van der Waals surface area contributed by atoms with E-state index in [2.05, 4.69) is 40.3 Å². The van der Waals surface area contributed by atoms with Crippen LogP contribution in [0.5, 0.6) is 0 Å². The van der Waals surface area contributed by atoms with Gasteiger partial charge in [-0.1, -0.05) is 46.3 Å². The molecule has 0 aromatic heterocycles. The minimum absolute atomic E-state index is 0.0691. The van der Waals surface area contributed by atoms with E-state index in [1.54, 1.807) is 12.1 Å². The Bertz CT molecular complexity index is 626. The molecule has 1 nitrogen and oxygen atoms in total. The molecule has 0 saturated heterocycles. The van der Waals surface area contributed by atoms with E-state index < -0.39 is 0 Å². The second kappa shape index (κ2) is 5.66. The monoisotopic (exact) mass is 333 g/mol. The first-order valence-corrected chi connectivity index (χ1v) is 7.74. The van der Waals surface area contributed by atoms with Crippen molar-refractivity contribution in [3.05, 3.63) is 69.4 Å². The molecule has 0 spiro atoms. The van der Waals surface area contributed by atoms with Gasteiger partial charge in [0.1, 0.15) is 5.82 Å². The molecule has 1 aliphatic carbocycles. The van der Waals surface area contributed by atoms with Gasteiger partial charge in [-0.05, 0) is 48.6 Å². The molecule has 0 saturated carbocycles. The number of hydrogen-bond acceptors (Lipinski definition) is 1. The number of fused-ring (bicyclic) bond motifs is 1. The van der Waals surface area contributed by atoms with Crippen LogP contribution in [0.2, 0.25) is 0 Å². The van der Waals surface area contributed by atoms with Crippen LogP contribution in [-0.4, -0.2) is 0 Å². The molecule has 2 atom stereocenters. The summed E-state index contributed by atoms with van der Waals surface area (Å²) < 4.78 is 14.9. The molecule has 1 N–H and O–H groups in total. The summed E-state index contributed by atoms with van der Waals surface area (Å²) >= 11 is 3.59. The van der Waals surface area contributed by atoms with Crippen LogP contribution in [0.3, 0.4) is 0 Å². The molecular weight excluding hydrogens is 317 g/mol. The van der Waals surface area contributed by atoms with Crippen molar-refractivity contribution < 1.29 is 4.39 Å². The predicted molar refractivity (Wildman–Crippen MR) is 83.2 cm³/mol. The zero-order valence-electron chi connectivity index (χ0n) is 11.4. The Labute approximate surface area is 127 Å². The van der Waals surface area contributed by atoms with Crippen molar-refractivity contribution in [2.45, 2.75) is 31.8 Å². The molecule has 104 valence electrons. The van der Waals surface area contributed by atoms with Crippen molar-refractivity contribution in [1.29, 1.82) is 0 Å². The fraction of sp³-hybridized carbons (Fsp3) is 0.294. The topological polar surface area (TPSA) is 12.0 Å². The smallest absolute Gasteiger partial charge is 0.126 e. The van der Waals surface area contributed by atoms with Crippen molar-refractivity contribution in [1.82, 2.24) is 5.32 Å². The van der Waals surface area contributed by atoms with E-state index in [1.165, 1.54) is 5.56 Å². The zero-order valence-corrected chi connectivity index (χ0v) is 13.0. The molecule has 0 radical (unpaired) electrons. The first kappa shape index (κ1) is 13.8. The van der Waals surface area contributed by atoms with Gasteiger partial charge in [-0.25, -0.2) is 4.39 Å². The maximum Gasteiger partial charge on any atom is 0.126 e. The minimum Gasteiger partial charge on any atom is -0.303 e. The molecule has 2 aromatic carbocycles. The minimum atomic E-state index is -0.0691. The third kappa shape index (κ3) is 2.52. The third-order valence-corrected chi connectivity index (χ3v) is 4.76. The van der Waals surface area contributed by atoms with Crippen molar-refractivity contribution in [3.8, 4) is 0 Å². The lowest BCUT2D eigenvalue weighted by atomic mass is 10.0. The van der Waals surface area contributed by atoms with Crippen LogP contribution in [-0.2, 0) is 6.42 Å². The molecular formula is C17H17BrFN. The molecule has 0 bridgehead atoms. The van der Waals surface area contributed by atoms with E-state index in [0.717, 1.165) is 28.4 Å². The fourth-order valence-electron chi connectivity index (χ4n) is 3.00. The van der Waals surface area contributed by atoms with Gasteiger partial charge < -0.3 is 5.32 Å². The van der Waals surface area contributed by atoms with Gasteiger partial charge in [-0.3, -0.25) is 0 Å². The highest BCUT2D eigenvalue weighted by Crippen LogP contribution is 2.35. The predicted octanol–water partition coefficient (Wildman–Crippen LogP) is 4.93. The maximum absolute atomic E-state index is 13.8. The van der Waals surface area contributed by atoms with Crippen LogP contribution < -0.4 is 5.32 Å². The highest BCUT2D eigenvalue weighted by atomic mass is 79.9. The first-order valence-electron chi connectivity index (χ1n) is 6.94. The van der Waals surface area contributed by atoms with Crippen LogP contribution in [0.4, 0.5) is 4.39 Å². The molecule has 0 amide bonds. The molecule has 0 fully saturated rings. The summed E-state index contributed by atoms with van der Waals surface area (Å²) in [6.07, 6.45) is 1.79. The van der Waals surface area contributed by atoms with Crippen molar-refractivity contribution in [2.75, 3.05) is 0 Å². The summed E-state index contributed by atoms with van der Waals surface area (Å²) in [5.41, 5.74) is 3.23. The molecule has 3 heteroatoms. The summed E-state index contributed by atoms with van der Waals surface area (Å²) in [5, 5.41) is 3.62. The van der Waals surface area contributed by atoms with Gasteiger partial charge in [0.2, 0.25) is 0 Å². The molecule has 3 rings (SSSR count). The number of benzene rings is 2. The van der Waals surface area contributed by atoms with Gasteiger partial charge in [0.05, 0.1) is 0 Å². The summed E-state index contributed by atoms with van der Waals surface area (Å²) in [6.45, 7) is 2.15. The number of halogens is 2. The quantitative estimate of drug-likeness (QED) is 0.839. The van der Waals surface area contributed by atoms with E-state index in [4.69, 9.17) is 0 Å². The molecule has 1 aliphatic rings. The lowest BCUT2D eigenvalue weighted by Crippen LogP contribution is -2.23. The van der Waals surface area contributed by atoms with Crippen LogP contribution in [0.15, 0.2) is 46.9 Å². The Morgan fingerprint density at radius 1 is 1.20 bits per heavy atom. The molecule has 0 heterocycles. The normalized spacial score (nSPS) is 18.9. The Hall–Kier alpha value is -1.19. The summed E-state index contributed by atoms with van der Waals surface area (Å²) in [5.74, 6) is -0.0691. The van der Waals surface area contributed by atoms with E-state index in [9.17, 15) is 4.39 Å². The highest BCUT2D eigenvalue weighted by Gasteiger charge is 2.26. The molecule has 1 unspecified atom stereocenters. The average Bonchev–Trinajstić information content (AvgIpc) is 2.84. The van der Waals surface area contributed by atoms with Crippen LogP contribution in [0, 0.1) is 5.82 Å². The van der Waals surface area contributed by atoms with Crippen LogP contribution in [0.25, 0.3) is 0 Å². The van der Waals surface area contributed by atoms with Crippen LogP contribution >= 0.6 is 15.9 Å². The van der Waals surface area contributed by atoms with E-state index in [0.29, 0.717) is 0 Å². The largest absolute Gasteiger partial charge is 0.303 e. The lowest BCUT2D eigenvalue weighted by Gasteiger charge is -2.21. The van der Waals surface area contributed by atoms with Gasteiger partial charge in [0.15, 0.2) is 0 Å². The molecule has 0 aliphatic heterocycles.